The highest BCUT2D eigenvalue weighted by Gasteiger charge is 2.35. The molecule has 0 heterocycles. The number of carboxylic acid groups (broad SMARTS) is 7. The van der Waals surface area contributed by atoms with Crippen LogP contribution in [0.3, 0.4) is 0 Å². The Bertz CT molecular complexity index is 1420. The fraction of sp³-hybridized carbons (Fsp3) is 0.556. The normalized spacial score (nSPS) is 14.0. The van der Waals surface area contributed by atoms with Crippen molar-refractivity contribution >= 4 is 71.3 Å². The standard InChI is InChI=1S/C27H38N6O19/c28-10(1-4-16(34)35)22(46)31-13(7-19(40)41)25(49)29-11(2-5-17(36)37)23(47)32-14(8-20(42)43)26(50)30-12(3-6-18(38)39)24(48)33-15(27(51)52)9-21(44)45/h10-15H,1-9,28H2,(H,29,49)(H,30,50)(H,31,46)(H,32,47)(H,33,48)(H,34,35)(H,36,37)(H,38,39)(H,40,41)(H,42,43)(H,44,45)(H,51,52)/t10-,11-,12-,13-,14-,15-/m0/s1. The van der Waals surface area contributed by atoms with Gasteiger partial charge in [-0.25, -0.2) is 4.79 Å². The Morgan fingerprint density at radius 2 is 0.635 bits per heavy atom. The molecule has 25 heteroatoms. The maximum atomic E-state index is 13.2. The Balaban J connectivity index is 6.29. The van der Waals surface area contributed by atoms with Gasteiger partial charge in [-0.05, 0) is 19.3 Å². The lowest BCUT2D eigenvalue weighted by atomic mass is 10.1. The summed E-state index contributed by atoms with van der Waals surface area (Å²) in [5.41, 5.74) is 5.57. The molecule has 0 aromatic heterocycles. The molecule has 52 heavy (non-hydrogen) atoms. The van der Waals surface area contributed by atoms with Gasteiger partial charge in [0.2, 0.25) is 29.5 Å². The number of rotatable bonds is 26. The van der Waals surface area contributed by atoms with Gasteiger partial charge in [-0.1, -0.05) is 0 Å². The van der Waals surface area contributed by atoms with Crippen molar-refractivity contribution in [3.05, 3.63) is 0 Å². The Labute approximate surface area is 291 Å². The number of hydrogen-bond donors (Lipinski definition) is 13. The van der Waals surface area contributed by atoms with Crippen LogP contribution in [0, 0.1) is 0 Å². The van der Waals surface area contributed by atoms with Crippen LogP contribution in [0.15, 0.2) is 0 Å². The van der Waals surface area contributed by atoms with Crippen LogP contribution in [0.5, 0.6) is 0 Å². The van der Waals surface area contributed by atoms with E-state index in [0.29, 0.717) is 0 Å². The molecule has 0 unspecified atom stereocenters. The second kappa shape index (κ2) is 22.3. The van der Waals surface area contributed by atoms with Gasteiger partial charge in [0.05, 0.1) is 25.3 Å². The highest BCUT2D eigenvalue weighted by Crippen LogP contribution is 2.07. The zero-order valence-electron chi connectivity index (χ0n) is 26.9. The van der Waals surface area contributed by atoms with Gasteiger partial charge in [0, 0.05) is 19.3 Å². The van der Waals surface area contributed by atoms with Crippen LogP contribution in [-0.4, -0.2) is 143 Å². The van der Waals surface area contributed by atoms with Crippen LogP contribution in [0.1, 0.15) is 57.8 Å². The number of nitrogens with two attached hydrogens (primary N) is 1. The van der Waals surface area contributed by atoms with Crippen LogP contribution in [0.2, 0.25) is 0 Å². The van der Waals surface area contributed by atoms with Crippen LogP contribution >= 0.6 is 0 Å². The smallest absolute Gasteiger partial charge is 0.326 e. The summed E-state index contributed by atoms with van der Waals surface area (Å²) in [6.45, 7) is 0. The van der Waals surface area contributed by atoms with Crippen molar-refractivity contribution in [2.75, 3.05) is 0 Å². The van der Waals surface area contributed by atoms with Gasteiger partial charge in [-0.15, -0.1) is 0 Å². The monoisotopic (exact) mass is 750 g/mol. The average Bonchev–Trinajstić information content (AvgIpc) is 3.01. The molecule has 0 aliphatic heterocycles. The van der Waals surface area contributed by atoms with Crippen molar-refractivity contribution in [3.63, 3.8) is 0 Å². The molecule has 0 aliphatic carbocycles. The van der Waals surface area contributed by atoms with Crippen LogP contribution in [0.4, 0.5) is 0 Å². The first-order valence-electron chi connectivity index (χ1n) is 14.8. The minimum atomic E-state index is -2.16. The van der Waals surface area contributed by atoms with Crippen molar-refractivity contribution < 1.29 is 93.3 Å². The Hall–Kier alpha value is -6.40. The molecule has 6 atom stereocenters. The van der Waals surface area contributed by atoms with Crippen LogP contribution in [0.25, 0.3) is 0 Å². The molecular formula is C27H38N6O19. The number of carboxylic acids is 7. The van der Waals surface area contributed by atoms with E-state index in [-0.39, 0.29) is 0 Å². The van der Waals surface area contributed by atoms with Gasteiger partial charge in [0.1, 0.15) is 30.2 Å². The van der Waals surface area contributed by atoms with Gasteiger partial charge < -0.3 is 68.1 Å². The fourth-order valence-electron chi connectivity index (χ4n) is 3.99. The third-order valence-corrected chi connectivity index (χ3v) is 6.58. The Kier molecular flexibility index (Phi) is 19.6. The highest BCUT2D eigenvalue weighted by molar-refractivity contribution is 5.98. The summed E-state index contributed by atoms with van der Waals surface area (Å²) in [5, 5.41) is 73.1. The number of carbonyl (C=O) groups is 12. The summed E-state index contributed by atoms with van der Waals surface area (Å²) in [6.07, 6.45) is -7.77. The summed E-state index contributed by atoms with van der Waals surface area (Å²) in [7, 11) is 0. The lowest BCUT2D eigenvalue weighted by molar-refractivity contribution is -0.147. The van der Waals surface area contributed by atoms with E-state index in [1.54, 1.807) is 5.32 Å². The second-order valence-corrected chi connectivity index (χ2v) is 10.8. The van der Waals surface area contributed by atoms with E-state index in [0.717, 1.165) is 0 Å². The van der Waals surface area contributed by atoms with E-state index in [4.69, 9.17) is 26.2 Å². The summed E-state index contributed by atoms with van der Waals surface area (Å²) in [4.78, 5) is 143. The van der Waals surface area contributed by atoms with Gasteiger partial charge in [-0.3, -0.25) is 52.7 Å². The topological polar surface area (TPSA) is 433 Å². The van der Waals surface area contributed by atoms with E-state index < -0.39 is 165 Å². The molecule has 0 aliphatic rings. The quantitative estimate of drug-likeness (QED) is 0.0393. The molecule has 0 aromatic rings. The van der Waals surface area contributed by atoms with Crippen LogP contribution < -0.4 is 32.3 Å². The van der Waals surface area contributed by atoms with E-state index in [1.807, 2.05) is 21.3 Å². The summed E-state index contributed by atoms with van der Waals surface area (Å²) in [6, 6.07) is -11.7. The van der Waals surface area contributed by atoms with Crippen molar-refractivity contribution in [2.24, 2.45) is 5.73 Å². The molecule has 0 saturated carbocycles. The maximum absolute atomic E-state index is 13.2. The molecule has 290 valence electrons. The molecule has 0 aromatic carbocycles. The molecular weight excluding hydrogens is 712 g/mol. The van der Waals surface area contributed by atoms with Gasteiger partial charge >= 0.3 is 41.8 Å². The SMILES string of the molecule is N[C@@H](CCC(=O)O)C(=O)N[C@@H](CC(=O)O)C(=O)N[C@@H](CCC(=O)O)C(=O)N[C@@H](CC(=O)O)C(=O)N[C@@H](CCC(=O)O)C(=O)N[C@@H](CC(=O)O)C(=O)O. The Morgan fingerprint density at radius 3 is 0.962 bits per heavy atom. The second-order valence-electron chi connectivity index (χ2n) is 10.8. The maximum Gasteiger partial charge on any atom is 0.326 e. The molecule has 0 rings (SSSR count). The first-order valence-corrected chi connectivity index (χ1v) is 14.8. The van der Waals surface area contributed by atoms with E-state index in [9.17, 15) is 72.9 Å². The molecule has 0 fully saturated rings. The molecule has 25 nitrogen and oxygen atoms in total. The number of nitrogens with one attached hydrogen (secondary N) is 5. The van der Waals surface area contributed by atoms with Crippen molar-refractivity contribution in [3.8, 4) is 0 Å². The summed E-state index contributed by atoms with van der Waals surface area (Å²) in [5.74, 6) is -18.2. The van der Waals surface area contributed by atoms with Gasteiger partial charge in [0.15, 0.2) is 0 Å². The lowest BCUT2D eigenvalue weighted by Crippen LogP contribution is -2.59. The van der Waals surface area contributed by atoms with E-state index >= 15 is 0 Å². The first kappa shape index (κ1) is 45.6. The lowest BCUT2D eigenvalue weighted by Gasteiger charge is -2.26. The number of hydrogen-bond acceptors (Lipinski definition) is 13. The summed E-state index contributed by atoms with van der Waals surface area (Å²) < 4.78 is 0. The summed E-state index contributed by atoms with van der Waals surface area (Å²) >= 11 is 0. The van der Waals surface area contributed by atoms with Crippen molar-refractivity contribution in [2.45, 2.75) is 94.0 Å². The molecule has 5 amide bonds. The largest absolute Gasteiger partial charge is 0.481 e. The zero-order chi connectivity index (χ0) is 40.3. The molecule has 0 saturated heterocycles. The minimum Gasteiger partial charge on any atom is -0.481 e. The predicted octanol–water partition coefficient (Wildman–Crippen LogP) is -5.16. The minimum absolute atomic E-state index is 0.430. The van der Waals surface area contributed by atoms with E-state index in [2.05, 4.69) is 0 Å². The third kappa shape index (κ3) is 19.0. The van der Waals surface area contributed by atoms with Crippen LogP contribution in [-0.2, 0) is 57.5 Å². The predicted molar refractivity (Wildman–Crippen MR) is 163 cm³/mol. The molecule has 0 radical (unpaired) electrons. The Morgan fingerprint density at radius 1 is 0.365 bits per heavy atom. The number of carbonyl (C=O) groups excluding carboxylic acids is 5. The van der Waals surface area contributed by atoms with Crippen molar-refractivity contribution in [1.82, 2.24) is 26.6 Å². The first-order chi connectivity index (χ1) is 24.0. The van der Waals surface area contributed by atoms with Gasteiger partial charge in [0.25, 0.3) is 0 Å². The third-order valence-electron chi connectivity index (χ3n) is 6.58. The van der Waals surface area contributed by atoms with E-state index in [1.165, 1.54) is 0 Å². The number of aliphatic carboxylic acids is 7. The zero-order valence-corrected chi connectivity index (χ0v) is 26.9. The van der Waals surface area contributed by atoms with Gasteiger partial charge in [-0.2, -0.15) is 0 Å². The highest BCUT2D eigenvalue weighted by atomic mass is 16.4. The molecule has 14 N–H and O–H groups in total. The van der Waals surface area contributed by atoms with Crippen molar-refractivity contribution in [1.29, 1.82) is 0 Å². The fourth-order valence-corrected chi connectivity index (χ4v) is 3.99. The molecule has 0 spiro atoms. The number of amides is 5. The average molecular weight is 751 g/mol. The molecule has 0 bridgehead atoms.